The Morgan fingerprint density at radius 2 is 1.63 bits per heavy atom. The van der Waals surface area contributed by atoms with E-state index < -0.39 is 0 Å². The minimum atomic E-state index is -0.285. The predicted octanol–water partition coefficient (Wildman–Crippen LogP) is 3.82. The molecule has 1 atom stereocenters. The number of halogens is 2. The number of nitrogens with zero attached hydrogens (tertiary/aromatic N) is 2. The van der Waals surface area contributed by atoms with Gasteiger partial charge < -0.3 is 15.3 Å². The first-order chi connectivity index (χ1) is 17.4. The molecule has 0 fully saturated rings. The number of carbonyl (C=O) groups is 2. The maximum absolute atomic E-state index is 12.1. The van der Waals surface area contributed by atoms with E-state index in [1.54, 1.807) is 48.8 Å². The summed E-state index contributed by atoms with van der Waals surface area (Å²) >= 11 is 6.62. The number of phenols is 1. The van der Waals surface area contributed by atoms with E-state index in [9.17, 15) is 14.7 Å². The third kappa shape index (κ3) is 8.42. The van der Waals surface area contributed by atoms with Gasteiger partial charge in [-0.15, -0.1) is 0 Å². The fourth-order valence-electron chi connectivity index (χ4n) is 3.46. The zero-order valence-corrected chi connectivity index (χ0v) is 25.5. The Morgan fingerprint density at radius 1 is 0.947 bits per heavy atom. The number of aromatic nitrogens is 2. The van der Waals surface area contributed by atoms with E-state index in [0.717, 1.165) is 14.6 Å². The van der Waals surface area contributed by atoms with E-state index in [2.05, 4.69) is 41.8 Å². The molecule has 4 aromatic rings. The van der Waals surface area contributed by atoms with Gasteiger partial charge in [0.05, 0.1) is 28.9 Å². The van der Waals surface area contributed by atoms with Gasteiger partial charge in [-0.05, 0) is 72.8 Å². The van der Waals surface area contributed by atoms with Crippen LogP contribution >= 0.6 is 31.9 Å². The zero-order valence-electron chi connectivity index (χ0n) is 20.3. The molecule has 0 aliphatic carbocycles. The molecule has 188 valence electrons. The molecule has 38 heavy (non-hydrogen) atoms. The van der Waals surface area contributed by atoms with E-state index in [1.807, 2.05) is 36.4 Å². The van der Waals surface area contributed by atoms with E-state index in [4.69, 9.17) is 4.74 Å². The molecule has 5 rings (SSSR count). The topological polar surface area (TPSA) is 119 Å². The summed E-state index contributed by atoms with van der Waals surface area (Å²) in [5, 5.41) is 9.61. The molecule has 2 aromatic heterocycles. The van der Waals surface area contributed by atoms with Crippen molar-refractivity contribution >= 4 is 49.5 Å². The molecule has 1 unspecified atom stereocenters. The van der Waals surface area contributed by atoms with Crippen LogP contribution in [0.5, 0.6) is 11.5 Å². The summed E-state index contributed by atoms with van der Waals surface area (Å²) in [5.41, 5.74) is 2.38. The normalized spacial score (nSPS) is 13.6. The molecule has 0 saturated heterocycles. The molecule has 0 amide bonds. The van der Waals surface area contributed by atoms with Crippen LogP contribution in [0.4, 0.5) is 0 Å². The van der Waals surface area contributed by atoms with Crippen LogP contribution in [0.3, 0.4) is 0 Å². The first-order valence-corrected chi connectivity index (χ1v) is 12.5. The Balaban J connectivity index is 0.000000253. The number of carbonyl (C=O) groups excluding carboxylic acids is 2. The second kappa shape index (κ2) is 15.1. The van der Waals surface area contributed by atoms with Crippen molar-refractivity contribution in [3.63, 3.8) is 0 Å². The molecule has 0 radical (unpaired) electrons. The van der Waals surface area contributed by atoms with Crippen LogP contribution in [0.15, 0.2) is 100 Å². The summed E-state index contributed by atoms with van der Waals surface area (Å²) < 4.78 is 7.47. The molecule has 3 heterocycles. The van der Waals surface area contributed by atoms with Crippen LogP contribution in [-0.4, -0.2) is 32.1 Å². The van der Waals surface area contributed by atoms with E-state index >= 15 is 0 Å². The predicted molar refractivity (Wildman–Crippen MR) is 146 cm³/mol. The third-order valence-corrected chi connectivity index (χ3v) is 6.20. The number of benzene rings is 2. The van der Waals surface area contributed by atoms with Gasteiger partial charge in [-0.25, -0.2) is 0 Å². The number of hydrogen-bond donors (Lipinski definition) is 1. The van der Waals surface area contributed by atoms with Crippen LogP contribution in [0, 0.1) is 0 Å². The minimum Gasteiger partial charge on any atom is -0.870 e. The molecule has 10 heteroatoms. The van der Waals surface area contributed by atoms with Gasteiger partial charge in [0, 0.05) is 21.3 Å². The summed E-state index contributed by atoms with van der Waals surface area (Å²) in [7, 11) is 0. The number of fused-ring (bicyclic) bond motifs is 1. The minimum absolute atomic E-state index is 0. The summed E-state index contributed by atoms with van der Waals surface area (Å²) in [5.74, 6) is 0.423. The smallest absolute Gasteiger partial charge is 0.870 e. The van der Waals surface area contributed by atoms with Crippen molar-refractivity contribution in [2.45, 2.75) is 12.5 Å². The number of allylic oxidation sites excluding steroid dienone is 1. The summed E-state index contributed by atoms with van der Waals surface area (Å²) in [4.78, 5) is 32.3. The number of phenolic OH excluding ortho intramolecular Hbond substituents is 1. The van der Waals surface area contributed by atoms with Gasteiger partial charge in [-0.1, -0.05) is 44.0 Å². The maximum Gasteiger partial charge on any atom is 1.00 e. The third-order valence-electron chi connectivity index (χ3n) is 5.22. The molecule has 0 saturated carbocycles. The Labute approximate surface area is 258 Å². The van der Waals surface area contributed by atoms with Gasteiger partial charge in [-0.2, -0.15) is 0 Å². The van der Waals surface area contributed by atoms with Crippen LogP contribution < -0.4 is 34.3 Å². The van der Waals surface area contributed by atoms with Gasteiger partial charge in [0.2, 0.25) is 0 Å². The van der Waals surface area contributed by atoms with Crippen molar-refractivity contribution in [1.29, 1.82) is 0 Å². The summed E-state index contributed by atoms with van der Waals surface area (Å²) in [6, 6.07) is 21.3. The number of aromatic hydroxyl groups is 1. The van der Waals surface area contributed by atoms with Crippen LogP contribution in [0.2, 0.25) is 0 Å². The number of Topliss-reactive ketones (excluding diaryl/α,β-unsaturated/α-hetero) is 1. The average Bonchev–Trinajstić information content (AvgIpc) is 2.90. The van der Waals surface area contributed by atoms with E-state index in [0.29, 0.717) is 23.4 Å². The largest absolute Gasteiger partial charge is 1.00 e. The van der Waals surface area contributed by atoms with Crippen molar-refractivity contribution in [1.82, 2.24) is 9.97 Å². The molecular formula is C28H21Br2N2NaO5. The quantitative estimate of drug-likeness (QED) is 0.203. The standard InChI is InChI=1S/2C14H10BrNO2.Na.H2O/c15-9-4-5-13-10(7-9)12(17)8-14(18-13)11-3-1-2-6-16-11;15-10-4-6-13(17)12(9-10)14(18)7-5-11-3-1-2-8-16-11;;/h1-7,14H,8H2;1-9,17H;;1H2/q;;+1;/p-1/b;7-5+;;. The number of hydrogen-bond acceptors (Lipinski definition) is 7. The molecule has 0 spiro atoms. The Kier molecular flexibility index (Phi) is 12.5. The average molecular weight is 648 g/mol. The second-order valence-electron chi connectivity index (χ2n) is 7.74. The van der Waals surface area contributed by atoms with Crippen LogP contribution in [0.25, 0.3) is 6.08 Å². The number of rotatable bonds is 4. The maximum atomic E-state index is 12.1. The first kappa shape index (κ1) is 31.6. The van der Waals surface area contributed by atoms with Gasteiger partial charge in [0.1, 0.15) is 17.6 Å². The molecule has 2 N–H and O–H groups in total. The monoisotopic (exact) mass is 646 g/mol. The Morgan fingerprint density at radius 3 is 2.32 bits per heavy atom. The van der Waals surface area contributed by atoms with E-state index in [1.165, 1.54) is 12.1 Å². The molecule has 7 nitrogen and oxygen atoms in total. The molecular weight excluding hydrogens is 627 g/mol. The summed E-state index contributed by atoms with van der Waals surface area (Å²) in [6.07, 6.45) is 6.42. The second-order valence-corrected chi connectivity index (χ2v) is 9.57. The van der Waals surface area contributed by atoms with Crippen molar-refractivity contribution < 1.29 is 54.5 Å². The van der Waals surface area contributed by atoms with E-state index in [-0.39, 0.29) is 64.0 Å². The number of ether oxygens (including phenoxy) is 1. The van der Waals surface area contributed by atoms with Gasteiger partial charge in [0.25, 0.3) is 0 Å². The van der Waals surface area contributed by atoms with Crippen molar-refractivity contribution in [2.75, 3.05) is 0 Å². The molecule has 1 aliphatic heterocycles. The van der Waals surface area contributed by atoms with Gasteiger partial charge >= 0.3 is 29.6 Å². The molecule has 0 bridgehead atoms. The fraction of sp³-hybridized carbons (Fsp3) is 0.0714. The summed E-state index contributed by atoms with van der Waals surface area (Å²) in [6.45, 7) is 0. The van der Waals surface area contributed by atoms with Gasteiger partial charge in [-0.3, -0.25) is 19.6 Å². The molecule has 1 aliphatic rings. The van der Waals surface area contributed by atoms with Crippen molar-refractivity contribution in [2.24, 2.45) is 0 Å². The SMILES string of the molecule is O=C(/C=C/c1ccccn1)c1cc(Br)ccc1O.O=C1CC(c2ccccn2)Oc2ccc(Br)cc21.[Na+].[OH-]. The zero-order chi connectivity index (χ0) is 25.5. The number of pyridine rings is 2. The fourth-order valence-corrected chi connectivity index (χ4v) is 4.18. The number of ketones is 2. The van der Waals surface area contributed by atoms with Gasteiger partial charge in [0.15, 0.2) is 11.6 Å². The first-order valence-electron chi connectivity index (χ1n) is 10.9. The van der Waals surface area contributed by atoms with Crippen molar-refractivity contribution in [3.8, 4) is 11.5 Å². The molecule has 2 aromatic carbocycles. The van der Waals surface area contributed by atoms with Crippen LogP contribution in [-0.2, 0) is 0 Å². The van der Waals surface area contributed by atoms with Crippen LogP contribution in [0.1, 0.15) is 44.6 Å². The Bertz CT molecular complexity index is 1420. The Hall–Kier alpha value is -2.66. The van der Waals surface area contributed by atoms with Crippen molar-refractivity contribution in [3.05, 3.63) is 123 Å².